The molecule has 4 rings (SSSR count). The molecule has 124 valence electrons. The Balaban J connectivity index is 1.54. The molecule has 25 heavy (non-hydrogen) atoms. The molecule has 0 aliphatic rings. The first-order chi connectivity index (χ1) is 12.2. The van der Waals surface area contributed by atoms with E-state index in [2.05, 4.69) is 10.3 Å². The summed E-state index contributed by atoms with van der Waals surface area (Å²) in [6, 6.07) is 17.1. The standard InChI is InChI=1S/C19H14N2O3S/c1-12-17-16(11-25-12)21-19(24-18(17)22)20-13-7-9-15(10-8-13)23-14-5-3-2-4-6-14/h2-11H,1H3,(H,20,21). The molecule has 0 saturated heterocycles. The minimum atomic E-state index is -0.379. The molecule has 6 heteroatoms. The molecular weight excluding hydrogens is 336 g/mol. The van der Waals surface area contributed by atoms with E-state index >= 15 is 0 Å². The average molecular weight is 350 g/mol. The van der Waals surface area contributed by atoms with Gasteiger partial charge in [0.15, 0.2) is 0 Å². The predicted molar refractivity (Wildman–Crippen MR) is 99.1 cm³/mol. The van der Waals surface area contributed by atoms with Crippen LogP contribution in [0.25, 0.3) is 10.9 Å². The normalized spacial score (nSPS) is 10.8. The first-order valence-corrected chi connectivity index (χ1v) is 8.56. The number of hydrogen-bond acceptors (Lipinski definition) is 6. The summed E-state index contributed by atoms with van der Waals surface area (Å²) in [4.78, 5) is 17.3. The summed E-state index contributed by atoms with van der Waals surface area (Å²) < 4.78 is 11.0. The molecule has 2 aromatic heterocycles. The van der Waals surface area contributed by atoms with E-state index in [1.165, 1.54) is 11.3 Å². The van der Waals surface area contributed by atoms with Crippen molar-refractivity contribution in [1.29, 1.82) is 0 Å². The maximum atomic E-state index is 12.1. The molecule has 0 unspecified atom stereocenters. The smallest absolute Gasteiger partial charge is 0.349 e. The summed E-state index contributed by atoms with van der Waals surface area (Å²) in [5.74, 6) is 1.49. The van der Waals surface area contributed by atoms with Gasteiger partial charge in [0.1, 0.15) is 11.5 Å². The van der Waals surface area contributed by atoms with Crippen molar-refractivity contribution in [3.63, 3.8) is 0 Å². The average Bonchev–Trinajstić information content (AvgIpc) is 2.99. The highest BCUT2D eigenvalue weighted by atomic mass is 32.1. The Morgan fingerprint density at radius 2 is 1.76 bits per heavy atom. The number of rotatable bonds is 4. The Hall–Kier alpha value is -3.12. The second kappa shape index (κ2) is 6.41. The maximum Gasteiger partial charge on any atom is 0.349 e. The Labute approximate surface area is 147 Å². The van der Waals surface area contributed by atoms with Gasteiger partial charge in [0.25, 0.3) is 0 Å². The number of hydrogen-bond donors (Lipinski definition) is 1. The Morgan fingerprint density at radius 3 is 2.52 bits per heavy atom. The van der Waals surface area contributed by atoms with E-state index < -0.39 is 0 Å². The number of ether oxygens (including phenoxy) is 1. The molecule has 0 saturated carbocycles. The largest absolute Gasteiger partial charge is 0.457 e. The lowest BCUT2D eigenvalue weighted by atomic mass is 10.3. The lowest BCUT2D eigenvalue weighted by molar-refractivity contribution is 0.482. The molecule has 2 aromatic carbocycles. The third-order valence-electron chi connectivity index (χ3n) is 3.66. The third-order valence-corrected chi connectivity index (χ3v) is 4.55. The Kier molecular flexibility index (Phi) is 3.95. The van der Waals surface area contributed by atoms with Crippen LogP contribution in [0.3, 0.4) is 0 Å². The number of thiophene rings is 1. The minimum Gasteiger partial charge on any atom is -0.457 e. The van der Waals surface area contributed by atoms with Gasteiger partial charge in [-0.3, -0.25) is 0 Å². The zero-order chi connectivity index (χ0) is 17.2. The summed E-state index contributed by atoms with van der Waals surface area (Å²) in [7, 11) is 0. The predicted octanol–water partition coefficient (Wildman–Crippen LogP) is 5.09. The molecule has 0 amide bonds. The zero-order valence-corrected chi connectivity index (χ0v) is 14.2. The molecule has 0 aliphatic carbocycles. The molecule has 0 aliphatic heterocycles. The molecule has 0 spiro atoms. The molecule has 0 radical (unpaired) electrons. The lowest BCUT2D eigenvalue weighted by Gasteiger charge is -2.07. The number of para-hydroxylation sites is 1. The summed E-state index contributed by atoms with van der Waals surface area (Å²) >= 11 is 1.48. The fourth-order valence-corrected chi connectivity index (χ4v) is 3.22. The highest BCUT2D eigenvalue weighted by Gasteiger charge is 2.10. The highest BCUT2D eigenvalue weighted by molar-refractivity contribution is 7.11. The van der Waals surface area contributed by atoms with Gasteiger partial charge in [-0.05, 0) is 43.3 Å². The first kappa shape index (κ1) is 15.4. The van der Waals surface area contributed by atoms with Crippen molar-refractivity contribution >= 4 is 33.9 Å². The molecule has 0 bridgehead atoms. The van der Waals surface area contributed by atoms with Crippen molar-refractivity contribution in [2.75, 3.05) is 5.32 Å². The summed E-state index contributed by atoms with van der Waals surface area (Å²) in [5.41, 5.74) is 1.02. The quantitative estimate of drug-likeness (QED) is 0.555. The second-order valence-electron chi connectivity index (χ2n) is 5.42. The molecule has 5 nitrogen and oxygen atoms in total. The SMILES string of the molecule is Cc1scc2nc(Nc3ccc(Oc4ccccc4)cc3)oc(=O)c12. The third kappa shape index (κ3) is 3.25. The summed E-state index contributed by atoms with van der Waals surface area (Å²) in [6.07, 6.45) is 0. The van der Waals surface area contributed by atoms with Crippen LogP contribution < -0.4 is 15.7 Å². The van der Waals surface area contributed by atoms with Gasteiger partial charge in [0.05, 0.1) is 10.9 Å². The molecule has 4 aromatic rings. The highest BCUT2D eigenvalue weighted by Crippen LogP contribution is 2.25. The fraction of sp³-hybridized carbons (Fsp3) is 0.0526. The van der Waals surface area contributed by atoms with E-state index in [4.69, 9.17) is 9.15 Å². The molecular formula is C19H14N2O3S. The molecule has 0 atom stereocenters. The van der Waals surface area contributed by atoms with Gasteiger partial charge in [0.2, 0.25) is 0 Å². The van der Waals surface area contributed by atoms with Crippen molar-refractivity contribution in [1.82, 2.24) is 4.98 Å². The van der Waals surface area contributed by atoms with Crippen LogP contribution in [0.2, 0.25) is 0 Å². The molecule has 0 fully saturated rings. The minimum absolute atomic E-state index is 0.173. The van der Waals surface area contributed by atoms with Gasteiger partial charge in [-0.25, -0.2) is 4.79 Å². The number of nitrogens with zero attached hydrogens (tertiary/aromatic N) is 1. The summed E-state index contributed by atoms with van der Waals surface area (Å²) in [6.45, 7) is 1.88. The lowest BCUT2D eigenvalue weighted by Crippen LogP contribution is -2.04. The van der Waals surface area contributed by atoms with Gasteiger partial charge in [-0.1, -0.05) is 18.2 Å². The van der Waals surface area contributed by atoms with Gasteiger partial charge in [0, 0.05) is 15.9 Å². The van der Waals surface area contributed by atoms with Crippen molar-refractivity contribution < 1.29 is 9.15 Å². The van der Waals surface area contributed by atoms with Crippen molar-refractivity contribution in [3.05, 3.63) is 75.3 Å². The van der Waals surface area contributed by atoms with E-state index in [-0.39, 0.29) is 11.6 Å². The Morgan fingerprint density at radius 1 is 1.04 bits per heavy atom. The van der Waals surface area contributed by atoms with Crippen LogP contribution in [-0.4, -0.2) is 4.98 Å². The van der Waals surface area contributed by atoms with Crippen LogP contribution in [0.4, 0.5) is 11.7 Å². The van der Waals surface area contributed by atoms with E-state index in [1.54, 1.807) is 0 Å². The van der Waals surface area contributed by atoms with Crippen molar-refractivity contribution in [3.8, 4) is 11.5 Å². The second-order valence-corrected chi connectivity index (χ2v) is 6.51. The number of benzene rings is 2. The number of anilines is 2. The van der Waals surface area contributed by atoms with Crippen LogP contribution in [0, 0.1) is 6.92 Å². The monoisotopic (exact) mass is 350 g/mol. The van der Waals surface area contributed by atoms with Gasteiger partial charge in [-0.15, -0.1) is 11.3 Å². The van der Waals surface area contributed by atoms with Crippen LogP contribution in [-0.2, 0) is 0 Å². The fourth-order valence-electron chi connectivity index (χ4n) is 2.45. The van der Waals surface area contributed by atoms with Gasteiger partial charge in [-0.2, -0.15) is 4.98 Å². The topological polar surface area (TPSA) is 64.4 Å². The maximum absolute atomic E-state index is 12.1. The number of nitrogens with one attached hydrogen (secondary N) is 1. The molecule has 2 heterocycles. The van der Waals surface area contributed by atoms with Crippen LogP contribution in [0.5, 0.6) is 11.5 Å². The van der Waals surface area contributed by atoms with Crippen LogP contribution in [0.15, 0.2) is 69.2 Å². The number of aromatic nitrogens is 1. The first-order valence-electron chi connectivity index (χ1n) is 7.68. The van der Waals surface area contributed by atoms with Gasteiger partial charge >= 0.3 is 11.6 Å². The van der Waals surface area contributed by atoms with E-state index in [1.807, 2.05) is 66.9 Å². The van der Waals surface area contributed by atoms with Crippen molar-refractivity contribution in [2.24, 2.45) is 0 Å². The van der Waals surface area contributed by atoms with Crippen LogP contribution in [0.1, 0.15) is 4.88 Å². The van der Waals surface area contributed by atoms with E-state index in [0.29, 0.717) is 10.9 Å². The van der Waals surface area contributed by atoms with E-state index in [0.717, 1.165) is 22.1 Å². The molecule has 1 N–H and O–H groups in total. The zero-order valence-electron chi connectivity index (χ0n) is 13.4. The van der Waals surface area contributed by atoms with Crippen LogP contribution >= 0.6 is 11.3 Å². The number of aryl methyl sites for hydroxylation is 1. The van der Waals surface area contributed by atoms with Gasteiger partial charge < -0.3 is 14.5 Å². The summed E-state index contributed by atoms with van der Waals surface area (Å²) in [5, 5.41) is 5.40. The van der Waals surface area contributed by atoms with Crippen molar-refractivity contribution in [2.45, 2.75) is 6.92 Å². The Bertz CT molecular complexity index is 1070. The number of fused-ring (bicyclic) bond motifs is 1. The van der Waals surface area contributed by atoms with E-state index in [9.17, 15) is 4.79 Å².